The second-order valence-electron chi connectivity index (χ2n) is 7.20. The molecule has 0 unspecified atom stereocenters. The number of urea groups is 1. The summed E-state index contributed by atoms with van der Waals surface area (Å²) in [5.41, 5.74) is 1.99. The van der Waals surface area contributed by atoms with Crippen LogP contribution in [-0.4, -0.2) is 46.2 Å². The average molecular weight is 445 g/mol. The number of nitrogens with one attached hydrogen (secondary N) is 1. The summed E-state index contributed by atoms with van der Waals surface area (Å²) >= 11 is 7.50. The van der Waals surface area contributed by atoms with Gasteiger partial charge in [0.15, 0.2) is 5.66 Å². The van der Waals surface area contributed by atoms with Crippen LogP contribution in [0.15, 0.2) is 58.5 Å². The Bertz CT molecular complexity index is 1000. The minimum atomic E-state index is -0.512. The monoisotopic (exact) mass is 444 g/mol. The summed E-state index contributed by atoms with van der Waals surface area (Å²) in [5, 5.41) is 3.74. The number of anilines is 1. The van der Waals surface area contributed by atoms with Crippen LogP contribution in [0.5, 0.6) is 0 Å². The van der Waals surface area contributed by atoms with Crippen molar-refractivity contribution in [2.24, 2.45) is 9.98 Å². The van der Waals surface area contributed by atoms with Gasteiger partial charge in [-0.2, -0.15) is 0 Å². The lowest BCUT2D eigenvalue weighted by atomic mass is 9.98. The van der Waals surface area contributed by atoms with E-state index >= 15 is 0 Å². The molecule has 156 valence electrons. The molecular formula is C22H22ClFN4OS. The van der Waals surface area contributed by atoms with Gasteiger partial charge in [0.1, 0.15) is 10.9 Å². The summed E-state index contributed by atoms with van der Waals surface area (Å²) in [6.45, 7) is 3.19. The van der Waals surface area contributed by atoms with Gasteiger partial charge in [-0.1, -0.05) is 48.9 Å². The molecule has 0 aromatic heterocycles. The molecule has 30 heavy (non-hydrogen) atoms. The molecular weight excluding hydrogens is 423 g/mol. The number of benzene rings is 2. The lowest BCUT2D eigenvalue weighted by Gasteiger charge is -2.35. The fraction of sp³-hybridized carbons (Fsp3) is 0.318. The largest absolute Gasteiger partial charge is 0.324 e. The lowest BCUT2D eigenvalue weighted by molar-refractivity contribution is 0.175. The second kappa shape index (κ2) is 8.78. The van der Waals surface area contributed by atoms with Crippen LogP contribution in [0.3, 0.4) is 0 Å². The number of amides is 2. The highest BCUT2D eigenvalue weighted by molar-refractivity contribution is 8.15. The number of carbonyl (C=O) groups is 1. The number of nitrogens with zero attached hydrogens (tertiary/aromatic N) is 3. The third kappa shape index (κ3) is 4.37. The summed E-state index contributed by atoms with van der Waals surface area (Å²) in [6, 6.07) is 14.0. The molecule has 8 heteroatoms. The van der Waals surface area contributed by atoms with Crippen LogP contribution in [0.4, 0.5) is 14.9 Å². The number of piperidine rings is 1. The minimum absolute atomic E-state index is 0.0191. The molecule has 0 radical (unpaired) electrons. The molecule has 0 atom stereocenters. The van der Waals surface area contributed by atoms with Crippen LogP contribution in [0.1, 0.15) is 25.3 Å². The Hall–Kier alpha value is -2.38. The summed E-state index contributed by atoms with van der Waals surface area (Å²) in [4.78, 5) is 24.4. The molecule has 0 bridgehead atoms. The van der Waals surface area contributed by atoms with Crippen molar-refractivity contribution in [3.05, 3.63) is 64.9 Å². The molecule has 0 aliphatic carbocycles. The summed E-state index contributed by atoms with van der Waals surface area (Å²) in [5.74, 6) is 0.414. The molecule has 2 aliphatic rings. The Kier molecular flexibility index (Phi) is 6.11. The first-order valence-electron chi connectivity index (χ1n) is 9.89. The van der Waals surface area contributed by atoms with E-state index in [1.165, 1.54) is 18.2 Å². The van der Waals surface area contributed by atoms with Crippen molar-refractivity contribution in [3.8, 4) is 0 Å². The quantitative estimate of drug-likeness (QED) is 0.683. The molecule has 2 aliphatic heterocycles. The van der Waals surface area contributed by atoms with E-state index in [-0.39, 0.29) is 11.1 Å². The maximum absolute atomic E-state index is 13.3. The number of likely N-dealkylation sites (tertiary alicyclic amines) is 1. The Morgan fingerprint density at radius 1 is 1.20 bits per heavy atom. The Morgan fingerprint density at radius 2 is 1.93 bits per heavy atom. The fourth-order valence-corrected chi connectivity index (χ4v) is 4.60. The standard InChI is InChI=1S/C22H22ClFN4OS/c1-2-30-20-19(15-6-4-3-5-7-15)26-22(27-20)10-12-28(13-11-22)21(29)25-16-8-9-18(24)17(23)14-16/h3-9,14H,2,10-13H2,1H3,(H,25,29). The van der Waals surface area contributed by atoms with Crippen LogP contribution in [0, 0.1) is 5.82 Å². The first kappa shape index (κ1) is 20.9. The number of aliphatic imine (C=N–C) groups is 2. The third-order valence-electron chi connectivity index (χ3n) is 5.18. The third-order valence-corrected chi connectivity index (χ3v) is 6.32. The van der Waals surface area contributed by atoms with Gasteiger partial charge in [0.2, 0.25) is 0 Å². The van der Waals surface area contributed by atoms with Crippen molar-refractivity contribution in [1.82, 2.24) is 4.90 Å². The Labute approximate surface area is 184 Å². The van der Waals surface area contributed by atoms with Gasteiger partial charge in [-0.25, -0.2) is 14.2 Å². The Balaban J connectivity index is 1.45. The Morgan fingerprint density at radius 3 is 2.60 bits per heavy atom. The molecule has 2 aromatic rings. The van der Waals surface area contributed by atoms with E-state index in [0.717, 1.165) is 22.1 Å². The maximum atomic E-state index is 13.3. The highest BCUT2D eigenvalue weighted by atomic mass is 35.5. The van der Waals surface area contributed by atoms with Gasteiger partial charge in [-0.15, -0.1) is 11.8 Å². The zero-order valence-corrected chi connectivity index (χ0v) is 18.1. The van der Waals surface area contributed by atoms with Crippen molar-refractivity contribution >= 4 is 45.8 Å². The van der Waals surface area contributed by atoms with E-state index in [4.69, 9.17) is 21.6 Å². The molecule has 1 fully saturated rings. The van der Waals surface area contributed by atoms with Gasteiger partial charge in [-0.05, 0) is 24.0 Å². The summed E-state index contributed by atoms with van der Waals surface area (Å²) in [7, 11) is 0. The number of carbonyl (C=O) groups excluding carboxylic acids is 1. The lowest BCUT2D eigenvalue weighted by Crippen LogP contribution is -2.46. The zero-order valence-electron chi connectivity index (χ0n) is 16.6. The van der Waals surface area contributed by atoms with Gasteiger partial charge < -0.3 is 10.2 Å². The van der Waals surface area contributed by atoms with E-state index in [0.29, 0.717) is 31.6 Å². The van der Waals surface area contributed by atoms with E-state index in [1.807, 2.05) is 18.2 Å². The van der Waals surface area contributed by atoms with E-state index in [1.54, 1.807) is 16.7 Å². The van der Waals surface area contributed by atoms with Crippen LogP contribution in [0.25, 0.3) is 0 Å². The molecule has 5 nitrogen and oxygen atoms in total. The zero-order chi connectivity index (χ0) is 21.1. The molecule has 1 spiro atoms. The molecule has 1 saturated heterocycles. The van der Waals surface area contributed by atoms with Gasteiger partial charge in [0.05, 0.1) is 10.7 Å². The summed E-state index contributed by atoms with van der Waals surface area (Å²) < 4.78 is 13.3. The van der Waals surface area contributed by atoms with E-state index in [2.05, 4.69) is 24.4 Å². The number of hydrogen-bond donors (Lipinski definition) is 1. The molecule has 1 N–H and O–H groups in total. The van der Waals surface area contributed by atoms with Gasteiger partial charge >= 0.3 is 6.03 Å². The van der Waals surface area contributed by atoms with E-state index in [9.17, 15) is 9.18 Å². The molecule has 2 aromatic carbocycles. The van der Waals surface area contributed by atoms with Crippen LogP contribution in [-0.2, 0) is 0 Å². The average Bonchev–Trinajstić information content (AvgIpc) is 3.10. The first-order chi connectivity index (χ1) is 14.5. The predicted molar refractivity (Wildman–Crippen MR) is 123 cm³/mol. The van der Waals surface area contributed by atoms with Gasteiger partial charge in [0, 0.05) is 37.2 Å². The smallest absolute Gasteiger partial charge is 0.321 e. The molecule has 0 saturated carbocycles. The SMILES string of the molecule is CCSC1=NC2(CCN(C(=O)Nc3ccc(F)c(Cl)c3)CC2)N=C1c1ccccc1. The second-order valence-corrected chi connectivity index (χ2v) is 8.86. The molecule has 4 rings (SSSR count). The van der Waals surface area contributed by atoms with Crippen molar-refractivity contribution in [1.29, 1.82) is 0 Å². The van der Waals surface area contributed by atoms with Gasteiger partial charge in [-0.3, -0.25) is 4.99 Å². The van der Waals surface area contributed by atoms with Crippen molar-refractivity contribution < 1.29 is 9.18 Å². The van der Waals surface area contributed by atoms with Crippen LogP contribution >= 0.6 is 23.4 Å². The minimum Gasteiger partial charge on any atom is -0.324 e. The van der Waals surface area contributed by atoms with Crippen LogP contribution < -0.4 is 5.32 Å². The maximum Gasteiger partial charge on any atom is 0.321 e. The number of rotatable bonds is 3. The first-order valence-corrected chi connectivity index (χ1v) is 11.3. The highest BCUT2D eigenvalue weighted by Crippen LogP contribution is 2.35. The molecule has 2 heterocycles. The van der Waals surface area contributed by atoms with Crippen molar-refractivity contribution in [3.63, 3.8) is 0 Å². The number of thioether (sulfide) groups is 1. The van der Waals surface area contributed by atoms with Crippen molar-refractivity contribution in [2.75, 3.05) is 24.2 Å². The van der Waals surface area contributed by atoms with Crippen molar-refractivity contribution in [2.45, 2.75) is 25.4 Å². The molecule has 2 amide bonds. The predicted octanol–water partition coefficient (Wildman–Crippen LogP) is 5.46. The van der Waals surface area contributed by atoms with Gasteiger partial charge in [0.25, 0.3) is 0 Å². The fourth-order valence-electron chi connectivity index (χ4n) is 3.61. The van der Waals surface area contributed by atoms with E-state index < -0.39 is 11.5 Å². The van der Waals surface area contributed by atoms with Crippen LogP contribution in [0.2, 0.25) is 5.02 Å². The summed E-state index contributed by atoms with van der Waals surface area (Å²) in [6.07, 6.45) is 1.32. The number of halogens is 2. The normalized spacial score (nSPS) is 17.6. The topological polar surface area (TPSA) is 57.1 Å². The number of hydrogen-bond acceptors (Lipinski definition) is 4. The highest BCUT2D eigenvalue weighted by Gasteiger charge is 2.40.